The van der Waals surface area contributed by atoms with Gasteiger partial charge >= 0.3 is 0 Å². The molecule has 4 nitrogen and oxygen atoms in total. The molecule has 72 valence electrons. The van der Waals surface area contributed by atoms with E-state index in [2.05, 4.69) is 22.7 Å². The Morgan fingerprint density at radius 2 is 2.46 bits per heavy atom. The molecule has 0 bridgehead atoms. The first kappa shape index (κ1) is 9.98. The van der Waals surface area contributed by atoms with Crippen LogP contribution in [0.2, 0.25) is 0 Å². The minimum absolute atomic E-state index is 0.579. The maximum Gasteiger partial charge on any atom is 0.175 e. The van der Waals surface area contributed by atoms with Gasteiger partial charge in [-0.15, -0.1) is 0 Å². The Balaban J connectivity index is 2.36. The molecule has 13 heavy (non-hydrogen) atoms. The molecule has 0 saturated heterocycles. The molecule has 0 spiro atoms. The minimum atomic E-state index is 0.579. The first-order valence-corrected chi connectivity index (χ1v) is 4.61. The molecule has 0 aliphatic rings. The van der Waals surface area contributed by atoms with Gasteiger partial charge in [-0.05, 0) is 25.6 Å². The van der Waals surface area contributed by atoms with Gasteiger partial charge in [0.15, 0.2) is 10.9 Å². The summed E-state index contributed by atoms with van der Waals surface area (Å²) in [5, 5.41) is 10.3. The zero-order chi connectivity index (χ0) is 9.68. The van der Waals surface area contributed by atoms with E-state index in [-0.39, 0.29) is 0 Å². The Morgan fingerprint density at radius 3 is 3.00 bits per heavy atom. The highest BCUT2D eigenvalue weighted by Gasteiger charge is 2.00. The molecule has 1 heterocycles. The van der Waals surface area contributed by atoms with Gasteiger partial charge in [0.05, 0.1) is 0 Å². The summed E-state index contributed by atoms with van der Waals surface area (Å²) in [6.07, 6.45) is 1.04. The average molecular weight is 199 g/mol. The van der Waals surface area contributed by atoms with E-state index in [4.69, 9.17) is 16.7 Å². The zero-order valence-corrected chi connectivity index (χ0v) is 8.57. The number of aryl methyl sites for hydroxylation is 1. The van der Waals surface area contributed by atoms with E-state index in [9.17, 15) is 0 Å². The Morgan fingerprint density at radius 1 is 1.69 bits per heavy atom. The van der Waals surface area contributed by atoms with E-state index in [0.29, 0.717) is 10.9 Å². The van der Waals surface area contributed by atoms with Gasteiger partial charge in [-0.25, -0.2) is 0 Å². The summed E-state index contributed by atoms with van der Waals surface area (Å²) in [5.74, 6) is 1.41. The number of hydrogen-bond donors (Lipinski definition) is 2. The standard InChI is InChI=1S/C8H13N3OS/c1-3-4-9-8(13)10-7-5-6(2)12-11-7/h5H,3-4H2,1-2H3,(H2,9,10,11,13). The van der Waals surface area contributed by atoms with E-state index < -0.39 is 0 Å². The molecule has 0 radical (unpaired) electrons. The van der Waals surface area contributed by atoms with E-state index in [0.717, 1.165) is 18.7 Å². The molecule has 0 aromatic carbocycles. The maximum atomic E-state index is 5.01. The molecule has 1 aromatic heterocycles. The summed E-state index contributed by atoms with van der Waals surface area (Å²) in [5.41, 5.74) is 0. The van der Waals surface area contributed by atoms with Crippen LogP contribution in [0, 0.1) is 6.92 Å². The fraction of sp³-hybridized carbons (Fsp3) is 0.500. The summed E-state index contributed by atoms with van der Waals surface area (Å²) in [7, 11) is 0. The summed E-state index contributed by atoms with van der Waals surface area (Å²) in [4.78, 5) is 0. The van der Waals surface area contributed by atoms with Crippen LogP contribution < -0.4 is 10.6 Å². The second-order valence-electron chi connectivity index (χ2n) is 2.70. The fourth-order valence-corrected chi connectivity index (χ4v) is 1.03. The highest BCUT2D eigenvalue weighted by molar-refractivity contribution is 7.80. The summed E-state index contributed by atoms with van der Waals surface area (Å²) in [6, 6.07) is 1.79. The third-order valence-electron chi connectivity index (χ3n) is 1.41. The fourth-order valence-electron chi connectivity index (χ4n) is 0.824. The van der Waals surface area contributed by atoms with Crippen molar-refractivity contribution in [3.05, 3.63) is 11.8 Å². The van der Waals surface area contributed by atoms with Gasteiger partial charge in [0.1, 0.15) is 5.76 Å². The van der Waals surface area contributed by atoms with Crippen LogP contribution in [0.4, 0.5) is 5.82 Å². The van der Waals surface area contributed by atoms with Gasteiger partial charge in [-0.3, -0.25) is 0 Å². The van der Waals surface area contributed by atoms with Crippen molar-refractivity contribution in [1.82, 2.24) is 10.5 Å². The van der Waals surface area contributed by atoms with E-state index in [1.54, 1.807) is 6.07 Å². The lowest BCUT2D eigenvalue weighted by molar-refractivity contribution is 0.400. The van der Waals surface area contributed by atoms with Crippen LogP contribution in [0.5, 0.6) is 0 Å². The molecular weight excluding hydrogens is 186 g/mol. The molecule has 0 amide bonds. The molecule has 0 fully saturated rings. The lowest BCUT2D eigenvalue weighted by Gasteiger charge is -2.05. The highest BCUT2D eigenvalue weighted by Crippen LogP contribution is 2.06. The van der Waals surface area contributed by atoms with Crippen molar-refractivity contribution in [3.63, 3.8) is 0 Å². The SMILES string of the molecule is CCCNC(=S)Nc1cc(C)on1. The predicted molar refractivity (Wildman–Crippen MR) is 55.8 cm³/mol. The first-order chi connectivity index (χ1) is 6.22. The lowest BCUT2D eigenvalue weighted by atomic mass is 10.5. The van der Waals surface area contributed by atoms with Crippen molar-refractivity contribution in [2.75, 3.05) is 11.9 Å². The van der Waals surface area contributed by atoms with Crippen molar-refractivity contribution < 1.29 is 4.52 Å². The smallest absolute Gasteiger partial charge is 0.175 e. The Kier molecular flexibility index (Phi) is 3.70. The molecule has 0 aliphatic heterocycles. The number of nitrogens with zero attached hydrogens (tertiary/aromatic N) is 1. The highest BCUT2D eigenvalue weighted by atomic mass is 32.1. The second kappa shape index (κ2) is 4.81. The average Bonchev–Trinajstić information content (AvgIpc) is 2.48. The largest absolute Gasteiger partial charge is 0.362 e. The Hall–Kier alpha value is -1.10. The monoisotopic (exact) mass is 199 g/mol. The van der Waals surface area contributed by atoms with Gasteiger partial charge in [0, 0.05) is 12.6 Å². The van der Waals surface area contributed by atoms with Crippen LogP contribution in [0.1, 0.15) is 19.1 Å². The van der Waals surface area contributed by atoms with Crippen molar-refractivity contribution in [1.29, 1.82) is 0 Å². The van der Waals surface area contributed by atoms with Gasteiger partial charge in [-0.1, -0.05) is 12.1 Å². The molecule has 0 unspecified atom stereocenters. The van der Waals surface area contributed by atoms with Gasteiger partial charge < -0.3 is 15.2 Å². The zero-order valence-electron chi connectivity index (χ0n) is 7.76. The minimum Gasteiger partial charge on any atom is -0.362 e. The van der Waals surface area contributed by atoms with Gasteiger partial charge in [0.2, 0.25) is 0 Å². The maximum absolute atomic E-state index is 5.01. The first-order valence-electron chi connectivity index (χ1n) is 4.20. The third-order valence-corrected chi connectivity index (χ3v) is 1.65. The van der Waals surface area contributed by atoms with E-state index in [1.165, 1.54) is 0 Å². The molecule has 0 saturated carbocycles. The van der Waals surface area contributed by atoms with E-state index in [1.807, 2.05) is 6.92 Å². The number of aromatic nitrogens is 1. The van der Waals surface area contributed by atoms with Crippen molar-refractivity contribution in [2.45, 2.75) is 20.3 Å². The van der Waals surface area contributed by atoms with Gasteiger partial charge in [0.25, 0.3) is 0 Å². The number of anilines is 1. The number of nitrogens with one attached hydrogen (secondary N) is 2. The van der Waals surface area contributed by atoms with Crippen LogP contribution in [-0.4, -0.2) is 16.8 Å². The molecule has 1 rings (SSSR count). The van der Waals surface area contributed by atoms with Crippen molar-refractivity contribution in [2.24, 2.45) is 0 Å². The molecule has 0 atom stereocenters. The van der Waals surface area contributed by atoms with E-state index >= 15 is 0 Å². The Labute approximate surface area is 82.7 Å². The third kappa shape index (κ3) is 3.42. The summed E-state index contributed by atoms with van der Waals surface area (Å²) in [6.45, 7) is 4.78. The lowest BCUT2D eigenvalue weighted by Crippen LogP contribution is -2.28. The van der Waals surface area contributed by atoms with Gasteiger partial charge in [-0.2, -0.15) is 0 Å². The molecule has 2 N–H and O–H groups in total. The molecule has 5 heteroatoms. The van der Waals surface area contributed by atoms with Crippen LogP contribution in [0.15, 0.2) is 10.6 Å². The number of rotatable bonds is 3. The molecular formula is C8H13N3OS. The molecule has 0 aliphatic carbocycles. The van der Waals surface area contributed by atoms with Crippen LogP contribution >= 0.6 is 12.2 Å². The quantitative estimate of drug-likeness (QED) is 0.725. The van der Waals surface area contributed by atoms with Crippen molar-refractivity contribution >= 4 is 23.1 Å². The second-order valence-corrected chi connectivity index (χ2v) is 3.11. The Bertz CT molecular complexity index is 285. The summed E-state index contributed by atoms with van der Waals surface area (Å²) >= 11 is 5.01. The summed E-state index contributed by atoms with van der Waals surface area (Å²) < 4.78 is 4.87. The normalized spacial score (nSPS) is 9.69. The van der Waals surface area contributed by atoms with Crippen LogP contribution in [0.3, 0.4) is 0 Å². The van der Waals surface area contributed by atoms with Crippen molar-refractivity contribution in [3.8, 4) is 0 Å². The topological polar surface area (TPSA) is 50.1 Å². The number of hydrogen-bond acceptors (Lipinski definition) is 3. The van der Waals surface area contributed by atoms with Crippen LogP contribution in [-0.2, 0) is 0 Å². The van der Waals surface area contributed by atoms with Crippen LogP contribution in [0.25, 0.3) is 0 Å². The predicted octanol–water partition coefficient (Wildman–Crippen LogP) is 1.68. The number of thiocarbonyl (C=S) groups is 1. The molecule has 1 aromatic rings.